The normalized spacial score (nSPS) is 27.7. The van der Waals surface area contributed by atoms with E-state index in [0.717, 1.165) is 13.0 Å². The molecule has 0 radical (unpaired) electrons. The lowest BCUT2D eigenvalue weighted by Crippen LogP contribution is -2.47. The van der Waals surface area contributed by atoms with Crippen LogP contribution in [0, 0.1) is 5.92 Å². The molecule has 0 aromatic rings. The van der Waals surface area contributed by atoms with Gasteiger partial charge in [0, 0.05) is 13.1 Å². The fourth-order valence-electron chi connectivity index (χ4n) is 1.71. The van der Waals surface area contributed by atoms with Gasteiger partial charge < -0.3 is 15.5 Å². The molecular weight excluding hydrogens is 196 g/mol. The van der Waals surface area contributed by atoms with E-state index in [-0.39, 0.29) is 18.6 Å². The molecule has 2 unspecified atom stereocenters. The van der Waals surface area contributed by atoms with Crippen LogP contribution in [-0.4, -0.2) is 59.9 Å². The topological polar surface area (TPSA) is 72.8 Å². The van der Waals surface area contributed by atoms with Gasteiger partial charge in [-0.15, -0.1) is 0 Å². The Labute approximate surface area is 90.1 Å². The van der Waals surface area contributed by atoms with Gasteiger partial charge in [-0.05, 0) is 18.9 Å². The van der Waals surface area contributed by atoms with Crippen molar-refractivity contribution in [2.45, 2.75) is 19.4 Å². The van der Waals surface area contributed by atoms with Crippen molar-refractivity contribution < 1.29 is 15.0 Å². The zero-order valence-electron chi connectivity index (χ0n) is 9.15. The van der Waals surface area contributed by atoms with Crippen molar-refractivity contribution in [3.63, 3.8) is 0 Å². The van der Waals surface area contributed by atoms with Crippen LogP contribution in [0.25, 0.3) is 0 Å². The summed E-state index contributed by atoms with van der Waals surface area (Å²) < 4.78 is 0. The zero-order chi connectivity index (χ0) is 11.3. The van der Waals surface area contributed by atoms with E-state index in [1.165, 1.54) is 0 Å². The second-order valence-corrected chi connectivity index (χ2v) is 4.14. The van der Waals surface area contributed by atoms with Crippen LogP contribution < -0.4 is 5.32 Å². The molecule has 1 aliphatic rings. The summed E-state index contributed by atoms with van der Waals surface area (Å²) >= 11 is 0. The van der Waals surface area contributed by atoms with E-state index in [9.17, 15) is 9.90 Å². The monoisotopic (exact) mass is 216 g/mol. The summed E-state index contributed by atoms with van der Waals surface area (Å²) in [7, 11) is 0. The van der Waals surface area contributed by atoms with Gasteiger partial charge >= 0.3 is 0 Å². The lowest BCUT2D eigenvalue weighted by Gasteiger charge is -2.33. The Kier molecular flexibility index (Phi) is 5.01. The fourth-order valence-corrected chi connectivity index (χ4v) is 1.71. The molecule has 0 aromatic heterocycles. The first-order chi connectivity index (χ1) is 7.13. The number of β-amino-alcohol motifs (C(OH)–C–C–N with tert-alkyl or cyclic N) is 1. The van der Waals surface area contributed by atoms with Gasteiger partial charge in [0.25, 0.3) is 0 Å². The Morgan fingerprint density at radius 2 is 2.33 bits per heavy atom. The largest absolute Gasteiger partial charge is 0.395 e. The van der Waals surface area contributed by atoms with Crippen molar-refractivity contribution >= 4 is 5.91 Å². The van der Waals surface area contributed by atoms with Crippen LogP contribution in [0.1, 0.15) is 13.3 Å². The molecule has 0 aromatic carbocycles. The van der Waals surface area contributed by atoms with Crippen molar-refractivity contribution in [3.05, 3.63) is 0 Å². The molecule has 5 heteroatoms. The lowest BCUT2D eigenvalue weighted by molar-refractivity contribution is -0.123. The lowest BCUT2D eigenvalue weighted by atomic mass is 9.96. The predicted octanol–water partition coefficient (Wildman–Crippen LogP) is -1.20. The first kappa shape index (κ1) is 12.4. The van der Waals surface area contributed by atoms with Gasteiger partial charge in [0.1, 0.15) is 0 Å². The fraction of sp³-hybridized carbons (Fsp3) is 0.900. The zero-order valence-corrected chi connectivity index (χ0v) is 9.15. The Morgan fingerprint density at radius 3 is 2.93 bits per heavy atom. The molecule has 1 aliphatic heterocycles. The van der Waals surface area contributed by atoms with Crippen LogP contribution in [0.5, 0.6) is 0 Å². The maximum atomic E-state index is 11.3. The van der Waals surface area contributed by atoms with E-state index >= 15 is 0 Å². The third-order valence-corrected chi connectivity index (χ3v) is 2.80. The molecule has 1 fully saturated rings. The highest BCUT2D eigenvalue weighted by atomic mass is 16.3. The van der Waals surface area contributed by atoms with Crippen LogP contribution in [0.3, 0.4) is 0 Å². The minimum absolute atomic E-state index is 0.0363. The Balaban J connectivity index is 2.24. The number of amides is 1. The maximum Gasteiger partial charge on any atom is 0.234 e. The van der Waals surface area contributed by atoms with E-state index < -0.39 is 0 Å². The number of aliphatic hydroxyl groups excluding tert-OH is 2. The number of carbonyl (C=O) groups excluding carboxylic acids is 1. The van der Waals surface area contributed by atoms with Crippen molar-refractivity contribution in [1.29, 1.82) is 0 Å². The third-order valence-electron chi connectivity index (χ3n) is 2.80. The Hall–Kier alpha value is -0.650. The predicted molar refractivity (Wildman–Crippen MR) is 56.3 cm³/mol. The minimum Gasteiger partial charge on any atom is -0.395 e. The summed E-state index contributed by atoms with van der Waals surface area (Å²) in [5.41, 5.74) is 0. The van der Waals surface area contributed by atoms with Gasteiger partial charge in [-0.2, -0.15) is 0 Å². The second kappa shape index (κ2) is 6.05. The number of likely N-dealkylation sites (tertiary alicyclic amines) is 1. The summed E-state index contributed by atoms with van der Waals surface area (Å²) in [6, 6.07) is 0. The average molecular weight is 216 g/mol. The van der Waals surface area contributed by atoms with Crippen LogP contribution in [0.2, 0.25) is 0 Å². The molecule has 1 heterocycles. The summed E-state index contributed by atoms with van der Waals surface area (Å²) in [6.07, 6.45) is 0.596. The van der Waals surface area contributed by atoms with E-state index in [0.29, 0.717) is 25.6 Å². The van der Waals surface area contributed by atoms with Crippen molar-refractivity contribution in [2.75, 3.05) is 32.8 Å². The molecule has 2 atom stereocenters. The first-order valence-electron chi connectivity index (χ1n) is 5.41. The number of nitrogens with one attached hydrogen (secondary N) is 1. The number of hydrogen-bond donors (Lipinski definition) is 3. The molecule has 88 valence electrons. The molecule has 0 bridgehead atoms. The molecular formula is C10H20N2O3. The molecule has 0 spiro atoms. The van der Waals surface area contributed by atoms with Crippen molar-refractivity contribution in [2.24, 2.45) is 5.92 Å². The van der Waals surface area contributed by atoms with Gasteiger partial charge in [0.15, 0.2) is 0 Å². The van der Waals surface area contributed by atoms with Gasteiger partial charge in [0.05, 0.1) is 19.3 Å². The van der Waals surface area contributed by atoms with Gasteiger partial charge in [-0.1, -0.05) is 6.92 Å². The SMILES string of the molecule is CC1CCN(CC(=O)NCCO)CC1O. The number of carbonyl (C=O) groups is 1. The minimum atomic E-state index is -0.329. The van der Waals surface area contributed by atoms with Gasteiger partial charge in [-0.25, -0.2) is 0 Å². The highest BCUT2D eigenvalue weighted by Gasteiger charge is 2.25. The molecule has 15 heavy (non-hydrogen) atoms. The average Bonchev–Trinajstić information content (AvgIpc) is 2.20. The molecule has 0 saturated carbocycles. The summed E-state index contributed by atoms with van der Waals surface area (Å²) in [5, 5.41) is 20.7. The van der Waals surface area contributed by atoms with Crippen LogP contribution >= 0.6 is 0 Å². The van der Waals surface area contributed by atoms with Crippen molar-refractivity contribution in [1.82, 2.24) is 10.2 Å². The summed E-state index contributed by atoms with van der Waals surface area (Å²) in [6.45, 7) is 4.01. The van der Waals surface area contributed by atoms with E-state index in [4.69, 9.17) is 5.11 Å². The molecule has 1 saturated heterocycles. The standard InChI is InChI=1S/C10H20N2O3/c1-8-2-4-12(6-9(8)14)7-10(15)11-3-5-13/h8-9,13-14H,2-7H2,1H3,(H,11,15). The third kappa shape index (κ3) is 4.15. The van der Waals surface area contributed by atoms with Crippen molar-refractivity contribution in [3.8, 4) is 0 Å². The first-order valence-corrected chi connectivity index (χ1v) is 5.41. The summed E-state index contributed by atoms with van der Waals surface area (Å²) in [5.74, 6) is 0.229. The number of hydrogen-bond acceptors (Lipinski definition) is 4. The van der Waals surface area contributed by atoms with E-state index in [1.54, 1.807) is 0 Å². The summed E-state index contributed by atoms with van der Waals surface area (Å²) in [4.78, 5) is 13.3. The van der Waals surface area contributed by atoms with Gasteiger partial charge in [0.2, 0.25) is 5.91 Å². The Bertz CT molecular complexity index is 211. The quantitative estimate of drug-likeness (QED) is 0.552. The van der Waals surface area contributed by atoms with Crippen LogP contribution in [0.4, 0.5) is 0 Å². The van der Waals surface area contributed by atoms with Gasteiger partial charge in [-0.3, -0.25) is 9.69 Å². The number of aliphatic hydroxyl groups is 2. The molecule has 3 N–H and O–H groups in total. The smallest absolute Gasteiger partial charge is 0.234 e. The maximum absolute atomic E-state index is 11.3. The number of nitrogens with zero attached hydrogens (tertiary/aromatic N) is 1. The van der Waals surface area contributed by atoms with E-state index in [2.05, 4.69) is 5.32 Å². The van der Waals surface area contributed by atoms with E-state index in [1.807, 2.05) is 11.8 Å². The highest BCUT2D eigenvalue weighted by molar-refractivity contribution is 5.77. The highest BCUT2D eigenvalue weighted by Crippen LogP contribution is 2.16. The second-order valence-electron chi connectivity index (χ2n) is 4.14. The molecule has 0 aliphatic carbocycles. The van der Waals surface area contributed by atoms with Crippen LogP contribution in [0.15, 0.2) is 0 Å². The molecule has 1 rings (SSSR count). The molecule has 5 nitrogen and oxygen atoms in total. The molecule has 1 amide bonds. The number of rotatable bonds is 4. The number of piperidine rings is 1. The Morgan fingerprint density at radius 1 is 1.60 bits per heavy atom. The van der Waals surface area contributed by atoms with Crippen LogP contribution in [-0.2, 0) is 4.79 Å².